The summed E-state index contributed by atoms with van der Waals surface area (Å²) in [4.78, 5) is 0. The van der Waals surface area contributed by atoms with Crippen molar-refractivity contribution >= 4 is 10.2 Å². The molecule has 0 aliphatic carbocycles. The molecule has 0 spiro atoms. The maximum absolute atomic E-state index is 12.7. The summed E-state index contributed by atoms with van der Waals surface area (Å²) in [5.41, 5.74) is 5.60. The Morgan fingerprint density at radius 2 is 1.95 bits per heavy atom. The van der Waals surface area contributed by atoms with Gasteiger partial charge in [-0.25, -0.2) is 0 Å². The van der Waals surface area contributed by atoms with Gasteiger partial charge in [-0.2, -0.15) is 17.0 Å². The summed E-state index contributed by atoms with van der Waals surface area (Å²) < 4.78 is 28.8. The van der Waals surface area contributed by atoms with Gasteiger partial charge in [-0.1, -0.05) is 6.42 Å². The van der Waals surface area contributed by atoms with Gasteiger partial charge >= 0.3 is 0 Å². The highest BCUT2D eigenvalue weighted by Gasteiger charge is 2.36. The fourth-order valence-electron chi connectivity index (χ4n) is 3.27. The van der Waals surface area contributed by atoms with Crippen LogP contribution in [0.3, 0.4) is 0 Å². The number of hydrogen-bond donors (Lipinski definition) is 1. The molecule has 112 valence electrons. The monoisotopic (exact) mass is 289 g/mol. The number of rotatable bonds is 4. The van der Waals surface area contributed by atoms with E-state index in [1.807, 2.05) is 6.92 Å². The van der Waals surface area contributed by atoms with Gasteiger partial charge in [-0.15, -0.1) is 0 Å². The zero-order valence-electron chi connectivity index (χ0n) is 11.9. The van der Waals surface area contributed by atoms with Crippen molar-refractivity contribution in [2.24, 2.45) is 11.7 Å². The van der Waals surface area contributed by atoms with Crippen molar-refractivity contribution < 1.29 is 8.42 Å². The van der Waals surface area contributed by atoms with Crippen LogP contribution in [-0.2, 0) is 10.2 Å². The zero-order chi connectivity index (χ0) is 13.9. The van der Waals surface area contributed by atoms with Gasteiger partial charge in [0.15, 0.2) is 0 Å². The highest BCUT2D eigenvalue weighted by molar-refractivity contribution is 7.86. The van der Waals surface area contributed by atoms with E-state index in [0.717, 1.165) is 38.5 Å². The summed E-state index contributed by atoms with van der Waals surface area (Å²) in [7, 11) is -3.26. The van der Waals surface area contributed by atoms with Crippen molar-refractivity contribution in [1.82, 2.24) is 8.61 Å². The molecule has 2 atom stereocenters. The van der Waals surface area contributed by atoms with E-state index in [1.54, 1.807) is 8.61 Å². The highest BCUT2D eigenvalue weighted by Crippen LogP contribution is 2.27. The second-order valence-corrected chi connectivity index (χ2v) is 7.79. The van der Waals surface area contributed by atoms with E-state index >= 15 is 0 Å². The molecule has 5 nitrogen and oxygen atoms in total. The third-order valence-electron chi connectivity index (χ3n) is 4.42. The average Bonchev–Trinajstić information content (AvgIpc) is 2.40. The summed E-state index contributed by atoms with van der Waals surface area (Å²) in [5, 5.41) is 0. The molecule has 2 unspecified atom stereocenters. The fourth-order valence-corrected chi connectivity index (χ4v) is 5.25. The molecule has 0 aromatic carbocycles. The van der Waals surface area contributed by atoms with Crippen LogP contribution in [0.5, 0.6) is 0 Å². The minimum absolute atomic E-state index is 0.147. The van der Waals surface area contributed by atoms with Crippen molar-refractivity contribution in [2.45, 2.75) is 51.5 Å². The number of hydrogen-bond acceptors (Lipinski definition) is 3. The normalized spacial score (nSPS) is 31.5. The van der Waals surface area contributed by atoms with E-state index in [0.29, 0.717) is 32.1 Å². The van der Waals surface area contributed by atoms with Gasteiger partial charge in [0.25, 0.3) is 10.2 Å². The maximum atomic E-state index is 12.7. The SMILES string of the molecule is CC1CCCCN1S(=O)(=O)N1CCCC(CCN)C1. The van der Waals surface area contributed by atoms with E-state index < -0.39 is 10.2 Å². The molecule has 2 aliphatic rings. The summed E-state index contributed by atoms with van der Waals surface area (Å²) in [5.74, 6) is 0.439. The van der Waals surface area contributed by atoms with Crippen LogP contribution in [0.1, 0.15) is 45.4 Å². The zero-order valence-corrected chi connectivity index (χ0v) is 12.7. The van der Waals surface area contributed by atoms with E-state index in [2.05, 4.69) is 0 Å². The second kappa shape index (κ2) is 6.52. The summed E-state index contributed by atoms with van der Waals surface area (Å²) in [6.45, 7) is 4.69. The number of nitrogens with zero attached hydrogens (tertiary/aromatic N) is 2. The van der Waals surface area contributed by atoms with E-state index in [1.165, 1.54) is 0 Å². The molecule has 0 radical (unpaired) electrons. The van der Waals surface area contributed by atoms with E-state index in [-0.39, 0.29) is 6.04 Å². The Morgan fingerprint density at radius 1 is 1.16 bits per heavy atom. The smallest absolute Gasteiger partial charge is 0.282 e. The first-order chi connectivity index (χ1) is 9.05. The lowest BCUT2D eigenvalue weighted by molar-refractivity contribution is 0.210. The first-order valence-electron chi connectivity index (χ1n) is 7.52. The Labute approximate surface area is 117 Å². The third-order valence-corrected chi connectivity index (χ3v) is 6.54. The average molecular weight is 289 g/mol. The topological polar surface area (TPSA) is 66.6 Å². The molecular weight excluding hydrogens is 262 g/mol. The van der Waals surface area contributed by atoms with E-state index in [9.17, 15) is 8.42 Å². The molecule has 0 bridgehead atoms. The van der Waals surface area contributed by atoms with Crippen molar-refractivity contribution in [1.29, 1.82) is 0 Å². The van der Waals surface area contributed by atoms with E-state index in [4.69, 9.17) is 5.73 Å². The van der Waals surface area contributed by atoms with Crippen LogP contribution in [0.4, 0.5) is 0 Å². The lowest BCUT2D eigenvalue weighted by Crippen LogP contribution is -2.52. The molecule has 0 aromatic rings. The lowest BCUT2D eigenvalue weighted by Gasteiger charge is -2.39. The van der Waals surface area contributed by atoms with Crippen LogP contribution in [0.25, 0.3) is 0 Å². The standard InChI is InChI=1S/C13H27N3O2S/c1-12-5-2-3-10-16(12)19(17,18)15-9-4-6-13(11-15)7-8-14/h12-13H,2-11,14H2,1H3. The van der Waals surface area contributed by atoms with Gasteiger partial charge in [-0.3, -0.25) is 0 Å². The van der Waals surface area contributed by atoms with Gasteiger partial charge in [0.05, 0.1) is 0 Å². The van der Waals surface area contributed by atoms with Gasteiger partial charge in [0.1, 0.15) is 0 Å². The van der Waals surface area contributed by atoms with Gasteiger partial charge in [0, 0.05) is 25.7 Å². The third kappa shape index (κ3) is 3.48. The van der Waals surface area contributed by atoms with Crippen LogP contribution in [0.2, 0.25) is 0 Å². The molecule has 2 fully saturated rings. The Kier molecular flexibility index (Phi) is 5.22. The Balaban J connectivity index is 2.05. The molecule has 2 heterocycles. The second-order valence-electron chi connectivity index (χ2n) is 5.91. The molecule has 2 saturated heterocycles. The maximum Gasteiger partial charge on any atom is 0.282 e. The fraction of sp³-hybridized carbons (Fsp3) is 1.00. The highest BCUT2D eigenvalue weighted by atomic mass is 32.2. The van der Waals surface area contributed by atoms with Crippen molar-refractivity contribution in [3.8, 4) is 0 Å². The molecule has 0 amide bonds. The molecular formula is C13H27N3O2S. The van der Waals surface area contributed by atoms with Gasteiger partial charge in [0.2, 0.25) is 0 Å². The predicted molar refractivity (Wildman–Crippen MR) is 76.9 cm³/mol. The summed E-state index contributed by atoms with van der Waals surface area (Å²) in [6.07, 6.45) is 6.12. The minimum atomic E-state index is -3.26. The summed E-state index contributed by atoms with van der Waals surface area (Å²) >= 11 is 0. The molecule has 6 heteroatoms. The quantitative estimate of drug-likeness (QED) is 0.844. The van der Waals surface area contributed by atoms with Crippen LogP contribution in [0, 0.1) is 5.92 Å². The van der Waals surface area contributed by atoms with Crippen LogP contribution >= 0.6 is 0 Å². The Morgan fingerprint density at radius 3 is 2.63 bits per heavy atom. The predicted octanol–water partition coefficient (Wildman–Crippen LogP) is 1.17. The molecule has 0 saturated carbocycles. The van der Waals surface area contributed by atoms with Crippen molar-refractivity contribution in [3.63, 3.8) is 0 Å². The Bertz CT molecular complexity index is 383. The Hall–Kier alpha value is -0.170. The molecule has 2 rings (SSSR count). The van der Waals surface area contributed by atoms with Gasteiger partial charge < -0.3 is 5.73 Å². The molecule has 2 aliphatic heterocycles. The first kappa shape index (κ1) is 15.2. The number of piperidine rings is 2. The van der Waals surface area contributed by atoms with Crippen LogP contribution < -0.4 is 5.73 Å². The molecule has 19 heavy (non-hydrogen) atoms. The lowest BCUT2D eigenvalue weighted by atomic mass is 9.96. The van der Waals surface area contributed by atoms with Crippen LogP contribution in [0.15, 0.2) is 0 Å². The van der Waals surface area contributed by atoms with Crippen molar-refractivity contribution in [2.75, 3.05) is 26.2 Å². The van der Waals surface area contributed by atoms with Crippen molar-refractivity contribution in [3.05, 3.63) is 0 Å². The first-order valence-corrected chi connectivity index (χ1v) is 8.92. The number of nitrogens with two attached hydrogens (primary N) is 1. The summed E-state index contributed by atoms with van der Waals surface area (Å²) in [6, 6.07) is 0.147. The molecule has 2 N–H and O–H groups in total. The van der Waals surface area contributed by atoms with Gasteiger partial charge in [-0.05, 0) is 51.5 Å². The van der Waals surface area contributed by atoms with Crippen LogP contribution in [-0.4, -0.2) is 49.2 Å². The largest absolute Gasteiger partial charge is 0.330 e. The molecule has 0 aromatic heterocycles. The minimum Gasteiger partial charge on any atom is -0.330 e.